The summed E-state index contributed by atoms with van der Waals surface area (Å²) in [6, 6.07) is 6.08. The molecule has 0 aliphatic heterocycles. The number of nitrogens with one attached hydrogen (secondary N) is 1. The molecule has 1 aromatic carbocycles. The average molecular weight is 441 g/mol. The molecule has 1 saturated carbocycles. The van der Waals surface area contributed by atoms with Crippen LogP contribution < -0.4 is 5.32 Å². The summed E-state index contributed by atoms with van der Waals surface area (Å²) in [5.41, 5.74) is 1.03. The van der Waals surface area contributed by atoms with E-state index < -0.39 is 14.6 Å². The van der Waals surface area contributed by atoms with Crippen molar-refractivity contribution in [1.82, 2.24) is 10.3 Å². The number of carbonyl (C=O) groups excluding carboxylic acids is 1. The number of rotatable bonds is 8. The Hall–Kier alpha value is -1.44. The van der Waals surface area contributed by atoms with Crippen LogP contribution in [0.2, 0.25) is 5.02 Å². The van der Waals surface area contributed by atoms with Gasteiger partial charge in [-0.3, -0.25) is 4.79 Å². The second kappa shape index (κ2) is 8.93. The van der Waals surface area contributed by atoms with Gasteiger partial charge in [0.1, 0.15) is 0 Å². The van der Waals surface area contributed by atoms with Gasteiger partial charge < -0.3 is 5.32 Å². The second-order valence-corrected chi connectivity index (χ2v) is 10.9. The second-order valence-electron chi connectivity index (χ2n) is 7.25. The van der Waals surface area contributed by atoms with Crippen molar-refractivity contribution >= 4 is 38.7 Å². The van der Waals surface area contributed by atoms with Gasteiger partial charge >= 0.3 is 0 Å². The monoisotopic (exact) mass is 440 g/mol. The molecule has 0 spiro atoms. The standard InChI is InChI=1S/C20H25ClN2O3S2/c1-15-14-27-18(23-15)6-2-5-13-22-19(24)20(11-3-4-12-20)28(25,26)17-9-7-16(21)8-10-17/h7-10,14H,2-6,11-13H2,1H3,(H,22,24). The molecule has 1 fully saturated rings. The van der Waals surface area contributed by atoms with Crippen molar-refractivity contribution in [1.29, 1.82) is 0 Å². The maximum absolute atomic E-state index is 13.3. The van der Waals surface area contributed by atoms with Crippen molar-refractivity contribution in [3.63, 3.8) is 0 Å². The molecule has 3 rings (SSSR count). The molecule has 1 amide bonds. The maximum atomic E-state index is 13.3. The first-order valence-electron chi connectivity index (χ1n) is 9.55. The third-order valence-corrected chi connectivity index (χ3v) is 9.03. The highest BCUT2D eigenvalue weighted by molar-refractivity contribution is 7.93. The third kappa shape index (κ3) is 4.42. The van der Waals surface area contributed by atoms with Crippen molar-refractivity contribution in [3.8, 4) is 0 Å². The largest absolute Gasteiger partial charge is 0.355 e. The number of hydrogen-bond donors (Lipinski definition) is 1. The Balaban J connectivity index is 1.62. The Labute approximate surface area is 175 Å². The molecule has 2 aromatic rings. The van der Waals surface area contributed by atoms with E-state index in [1.54, 1.807) is 23.5 Å². The summed E-state index contributed by atoms with van der Waals surface area (Å²) < 4.78 is 25.2. The lowest BCUT2D eigenvalue weighted by Gasteiger charge is -2.27. The summed E-state index contributed by atoms with van der Waals surface area (Å²) in [6.45, 7) is 2.45. The first-order valence-corrected chi connectivity index (χ1v) is 12.3. The minimum Gasteiger partial charge on any atom is -0.355 e. The number of aryl methyl sites for hydroxylation is 2. The van der Waals surface area contributed by atoms with Gasteiger partial charge in [0.15, 0.2) is 14.6 Å². The fraction of sp³-hybridized carbons (Fsp3) is 0.500. The van der Waals surface area contributed by atoms with Crippen molar-refractivity contribution in [2.24, 2.45) is 0 Å². The molecule has 0 atom stereocenters. The number of unbranched alkanes of at least 4 members (excludes halogenated alkanes) is 1. The molecule has 5 nitrogen and oxygen atoms in total. The number of sulfone groups is 1. The molecule has 0 saturated heterocycles. The van der Waals surface area contributed by atoms with E-state index in [-0.39, 0.29) is 10.8 Å². The van der Waals surface area contributed by atoms with Gasteiger partial charge in [-0.15, -0.1) is 11.3 Å². The first kappa shape index (κ1) is 21.3. The smallest absolute Gasteiger partial charge is 0.241 e. The van der Waals surface area contributed by atoms with Gasteiger partial charge in [0, 0.05) is 22.6 Å². The first-order chi connectivity index (χ1) is 13.3. The molecule has 1 aromatic heterocycles. The normalized spacial score (nSPS) is 16.2. The van der Waals surface area contributed by atoms with Crippen LogP contribution in [0.3, 0.4) is 0 Å². The van der Waals surface area contributed by atoms with E-state index in [1.807, 2.05) is 12.3 Å². The fourth-order valence-electron chi connectivity index (χ4n) is 3.69. The average Bonchev–Trinajstić information content (AvgIpc) is 3.32. The predicted octanol–water partition coefficient (Wildman–Crippen LogP) is 4.33. The molecule has 8 heteroatoms. The van der Waals surface area contributed by atoms with Crippen LogP contribution in [0.25, 0.3) is 0 Å². The number of carbonyl (C=O) groups is 1. The molecule has 1 N–H and O–H groups in total. The van der Waals surface area contributed by atoms with Gasteiger partial charge in [-0.2, -0.15) is 0 Å². The number of thiazole rings is 1. The van der Waals surface area contributed by atoms with Gasteiger partial charge in [-0.05, 0) is 63.3 Å². The van der Waals surface area contributed by atoms with Crippen LogP contribution in [0, 0.1) is 6.92 Å². The van der Waals surface area contributed by atoms with E-state index in [2.05, 4.69) is 10.3 Å². The summed E-state index contributed by atoms with van der Waals surface area (Å²) in [6.07, 6.45) is 4.78. The highest BCUT2D eigenvalue weighted by Crippen LogP contribution is 2.41. The zero-order valence-corrected chi connectivity index (χ0v) is 18.3. The highest BCUT2D eigenvalue weighted by atomic mass is 35.5. The van der Waals surface area contributed by atoms with E-state index in [0.717, 1.165) is 42.8 Å². The molecule has 152 valence electrons. The van der Waals surface area contributed by atoms with E-state index in [1.165, 1.54) is 12.1 Å². The number of benzene rings is 1. The molecule has 1 aliphatic carbocycles. The highest BCUT2D eigenvalue weighted by Gasteiger charge is 2.52. The molecule has 0 radical (unpaired) electrons. The molecular formula is C20H25ClN2O3S2. The minimum absolute atomic E-state index is 0.160. The zero-order chi connectivity index (χ0) is 20.2. The van der Waals surface area contributed by atoms with Crippen LogP contribution >= 0.6 is 22.9 Å². The van der Waals surface area contributed by atoms with Crippen molar-refractivity contribution < 1.29 is 13.2 Å². The van der Waals surface area contributed by atoms with Crippen molar-refractivity contribution in [2.75, 3.05) is 6.54 Å². The SMILES string of the molecule is Cc1csc(CCCCNC(=O)C2(S(=O)(=O)c3ccc(Cl)cc3)CCCC2)n1. The quantitative estimate of drug-likeness (QED) is 0.620. The Bertz CT molecular complexity index is 917. The van der Waals surface area contributed by atoms with Gasteiger partial charge in [0.25, 0.3) is 0 Å². The van der Waals surface area contributed by atoms with E-state index in [9.17, 15) is 13.2 Å². The summed E-state index contributed by atoms with van der Waals surface area (Å²) in [5, 5.41) is 6.48. The van der Waals surface area contributed by atoms with Crippen LogP contribution in [-0.4, -0.2) is 30.6 Å². The lowest BCUT2D eigenvalue weighted by Crippen LogP contribution is -2.50. The molecule has 1 aliphatic rings. The Morgan fingerprint density at radius 3 is 2.50 bits per heavy atom. The van der Waals surface area contributed by atoms with E-state index in [0.29, 0.717) is 24.4 Å². The molecule has 0 unspecified atom stereocenters. The summed E-state index contributed by atoms with van der Waals surface area (Å²) in [7, 11) is -3.78. The van der Waals surface area contributed by atoms with Crippen molar-refractivity contribution in [3.05, 3.63) is 45.4 Å². The lowest BCUT2D eigenvalue weighted by atomic mass is 10.1. The molecule has 28 heavy (non-hydrogen) atoms. The number of amides is 1. The number of hydrogen-bond acceptors (Lipinski definition) is 5. The maximum Gasteiger partial charge on any atom is 0.241 e. The Kier molecular flexibility index (Phi) is 6.78. The number of aromatic nitrogens is 1. The molecular weight excluding hydrogens is 416 g/mol. The van der Waals surface area contributed by atoms with Crippen LogP contribution in [-0.2, 0) is 21.1 Å². The fourth-order valence-corrected chi connectivity index (χ4v) is 6.72. The van der Waals surface area contributed by atoms with Crippen LogP contribution in [0.5, 0.6) is 0 Å². The van der Waals surface area contributed by atoms with Crippen LogP contribution in [0.1, 0.15) is 49.2 Å². The topological polar surface area (TPSA) is 76.1 Å². The van der Waals surface area contributed by atoms with Crippen LogP contribution in [0.15, 0.2) is 34.5 Å². The number of halogens is 1. The molecule has 0 bridgehead atoms. The van der Waals surface area contributed by atoms with Crippen LogP contribution in [0.4, 0.5) is 0 Å². The zero-order valence-electron chi connectivity index (χ0n) is 15.9. The predicted molar refractivity (Wildman–Crippen MR) is 113 cm³/mol. The summed E-state index contributed by atoms with van der Waals surface area (Å²) in [5.74, 6) is -0.370. The minimum atomic E-state index is -3.78. The summed E-state index contributed by atoms with van der Waals surface area (Å²) in [4.78, 5) is 17.6. The van der Waals surface area contributed by atoms with Gasteiger partial charge in [-0.1, -0.05) is 24.4 Å². The number of nitrogens with zero attached hydrogens (tertiary/aromatic N) is 1. The van der Waals surface area contributed by atoms with E-state index in [4.69, 9.17) is 11.6 Å². The summed E-state index contributed by atoms with van der Waals surface area (Å²) >= 11 is 7.53. The van der Waals surface area contributed by atoms with E-state index >= 15 is 0 Å². The lowest BCUT2D eigenvalue weighted by molar-refractivity contribution is -0.123. The van der Waals surface area contributed by atoms with Gasteiger partial charge in [-0.25, -0.2) is 13.4 Å². The van der Waals surface area contributed by atoms with Crippen molar-refractivity contribution in [2.45, 2.75) is 61.5 Å². The Morgan fingerprint density at radius 2 is 1.89 bits per heavy atom. The Morgan fingerprint density at radius 1 is 1.21 bits per heavy atom. The van der Waals surface area contributed by atoms with Gasteiger partial charge in [0.2, 0.25) is 5.91 Å². The third-order valence-electron chi connectivity index (χ3n) is 5.23. The molecule has 1 heterocycles. The van der Waals surface area contributed by atoms with Gasteiger partial charge in [0.05, 0.1) is 9.90 Å².